The van der Waals surface area contributed by atoms with Crippen LogP contribution in [0.1, 0.15) is 31.6 Å². The molecular formula is C14H17N3O2. The summed E-state index contributed by atoms with van der Waals surface area (Å²) in [5.74, 6) is 1.44. The van der Waals surface area contributed by atoms with E-state index in [0.717, 1.165) is 18.4 Å². The Balaban J connectivity index is 1.68. The lowest BCUT2D eigenvalue weighted by Crippen LogP contribution is -2.20. The van der Waals surface area contributed by atoms with Crippen LogP contribution < -0.4 is 0 Å². The van der Waals surface area contributed by atoms with Gasteiger partial charge in [-0.25, -0.2) is 0 Å². The smallest absolute Gasteiger partial charge is 0.229 e. The van der Waals surface area contributed by atoms with Crippen molar-refractivity contribution in [2.75, 3.05) is 0 Å². The number of aromatic nitrogens is 3. The van der Waals surface area contributed by atoms with Gasteiger partial charge in [-0.05, 0) is 30.9 Å². The topological polar surface area (TPSA) is 72.0 Å². The number of hydrogen-bond acceptors (Lipinski definition) is 5. The molecule has 5 nitrogen and oxygen atoms in total. The van der Waals surface area contributed by atoms with Gasteiger partial charge in [-0.1, -0.05) is 18.0 Å². The lowest BCUT2D eigenvalue weighted by molar-refractivity contribution is 0.102. The summed E-state index contributed by atoms with van der Waals surface area (Å²) in [5.41, 5.74) is 0.875. The van der Waals surface area contributed by atoms with E-state index in [4.69, 9.17) is 4.52 Å². The van der Waals surface area contributed by atoms with Gasteiger partial charge in [0.05, 0.1) is 12.5 Å². The third-order valence-electron chi connectivity index (χ3n) is 3.73. The first-order valence-electron chi connectivity index (χ1n) is 6.74. The molecule has 1 N–H and O–H groups in total. The van der Waals surface area contributed by atoms with E-state index in [-0.39, 0.29) is 6.10 Å². The van der Waals surface area contributed by atoms with Crippen LogP contribution in [0.2, 0.25) is 0 Å². The average Bonchev–Trinajstić information content (AvgIpc) is 3.11. The zero-order chi connectivity index (χ0) is 13.1. The van der Waals surface area contributed by atoms with Crippen molar-refractivity contribution in [3.63, 3.8) is 0 Å². The Morgan fingerprint density at radius 3 is 2.74 bits per heavy atom. The van der Waals surface area contributed by atoms with Crippen LogP contribution in [-0.4, -0.2) is 26.3 Å². The zero-order valence-corrected chi connectivity index (χ0v) is 10.7. The molecule has 19 heavy (non-hydrogen) atoms. The molecule has 0 radical (unpaired) electrons. The maximum Gasteiger partial charge on any atom is 0.229 e. The van der Waals surface area contributed by atoms with Crippen molar-refractivity contribution in [1.29, 1.82) is 0 Å². The summed E-state index contributed by atoms with van der Waals surface area (Å²) in [6.45, 7) is 0. The van der Waals surface area contributed by atoms with E-state index in [1.807, 2.05) is 12.1 Å². The molecule has 1 atom stereocenters. The highest BCUT2D eigenvalue weighted by Gasteiger charge is 2.25. The van der Waals surface area contributed by atoms with Crippen LogP contribution >= 0.6 is 0 Å². The van der Waals surface area contributed by atoms with Crippen LogP contribution in [0, 0.1) is 5.92 Å². The van der Waals surface area contributed by atoms with Crippen LogP contribution in [0.4, 0.5) is 0 Å². The monoisotopic (exact) mass is 259 g/mol. The first-order chi connectivity index (χ1) is 9.33. The molecule has 1 aliphatic rings. The first-order valence-corrected chi connectivity index (χ1v) is 6.74. The Morgan fingerprint density at radius 2 is 2.00 bits per heavy atom. The van der Waals surface area contributed by atoms with E-state index in [1.54, 1.807) is 12.4 Å². The molecule has 0 saturated heterocycles. The third-order valence-corrected chi connectivity index (χ3v) is 3.73. The highest BCUT2D eigenvalue weighted by atomic mass is 16.5. The quantitative estimate of drug-likeness (QED) is 0.911. The van der Waals surface area contributed by atoms with Crippen molar-refractivity contribution in [2.24, 2.45) is 5.92 Å². The summed E-state index contributed by atoms with van der Waals surface area (Å²) in [5, 5.41) is 14.1. The van der Waals surface area contributed by atoms with E-state index in [1.165, 1.54) is 12.8 Å². The molecule has 3 rings (SSSR count). The molecule has 5 heteroatoms. The summed E-state index contributed by atoms with van der Waals surface area (Å²) in [7, 11) is 0. The van der Waals surface area contributed by atoms with Crippen molar-refractivity contribution in [3.05, 3.63) is 30.4 Å². The van der Waals surface area contributed by atoms with Gasteiger partial charge in [-0.15, -0.1) is 0 Å². The van der Waals surface area contributed by atoms with Gasteiger partial charge >= 0.3 is 0 Å². The predicted octanol–water partition coefficient (Wildman–Crippen LogP) is 2.23. The van der Waals surface area contributed by atoms with E-state index in [9.17, 15) is 5.11 Å². The Labute approximate surface area is 111 Å². The van der Waals surface area contributed by atoms with Crippen molar-refractivity contribution in [2.45, 2.75) is 38.2 Å². The Bertz CT molecular complexity index is 520. The fourth-order valence-electron chi connectivity index (χ4n) is 2.64. The molecule has 2 aromatic rings. The number of hydrogen-bond donors (Lipinski definition) is 1. The fourth-order valence-corrected chi connectivity index (χ4v) is 2.64. The van der Waals surface area contributed by atoms with Gasteiger partial charge < -0.3 is 9.63 Å². The molecule has 0 aliphatic heterocycles. The second kappa shape index (κ2) is 5.48. The van der Waals surface area contributed by atoms with E-state index in [0.29, 0.717) is 24.1 Å². The van der Waals surface area contributed by atoms with Gasteiger partial charge in [-0.2, -0.15) is 4.98 Å². The molecule has 0 amide bonds. The van der Waals surface area contributed by atoms with E-state index >= 15 is 0 Å². The van der Waals surface area contributed by atoms with Crippen LogP contribution in [0.15, 0.2) is 29.0 Å². The number of aliphatic hydroxyl groups is 1. The highest BCUT2D eigenvalue weighted by molar-refractivity contribution is 5.52. The summed E-state index contributed by atoms with van der Waals surface area (Å²) in [6, 6.07) is 3.67. The molecule has 100 valence electrons. The van der Waals surface area contributed by atoms with Gasteiger partial charge in [0.25, 0.3) is 0 Å². The number of nitrogens with zero attached hydrogens (tertiary/aromatic N) is 3. The second-order valence-corrected chi connectivity index (χ2v) is 5.06. The van der Waals surface area contributed by atoms with Gasteiger partial charge in [0.15, 0.2) is 0 Å². The SMILES string of the molecule is OC(Cc1nc(-c2ccncc2)no1)C1CCCC1. The predicted molar refractivity (Wildman–Crippen MR) is 69.2 cm³/mol. The lowest BCUT2D eigenvalue weighted by atomic mass is 9.98. The molecule has 0 bridgehead atoms. The molecule has 2 heterocycles. The zero-order valence-electron chi connectivity index (χ0n) is 10.7. The first kappa shape index (κ1) is 12.3. The Morgan fingerprint density at radius 1 is 1.26 bits per heavy atom. The Kier molecular flexibility index (Phi) is 3.55. The third kappa shape index (κ3) is 2.81. The van der Waals surface area contributed by atoms with Crippen LogP contribution in [-0.2, 0) is 6.42 Å². The molecule has 1 unspecified atom stereocenters. The summed E-state index contributed by atoms with van der Waals surface area (Å²) >= 11 is 0. The van der Waals surface area contributed by atoms with Gasteiger partial charge in [0.1, 0.15) is 0 Å². The van der Waals surface area contributed by atoms with Crippen molar-refractivity contribution < 1.29 is 9.63 Å². The average molecular weight is 259 g/mol. The minimum atomic E-state index is -0.367. The number of rotatable bonds is 4. The lowest BCUT2D eigenvalue weighted by Gasteiger charge is -2.14. The summed E-state index contributed by atoms with van der Waals surface area (Å²) in [6.07, 6.45) is 8.11. The Hall–Kier alpha value is -1.75. The second-order valence-electron chi connectivity index (χ2n) is 5.06. The van der Waals surface area contributed by atoms with Gasteiger partial charge in [0, 0.05) is 18.0 Å². The van der Waals surface area contributed by atoms with E-state index in [2.05, 4.69) is 15.1 Å². The highest BCUT2D eigenvalue weighted by Crippen LogP contribution is 2.29. The van der Waals surface area contributed by atoms with Crippen LogP contribution in [0.5, 0.6) is 0 Å². The minimum Gasteiger partial charge on any atom is -0.392 e. The standard InChI is InChI=1S/C14H17N3O2/c18-12(10-3-1-2-4-10)9-13-16-14(17-19-13)11-5-7-15-8-6-11/h5-8,10,12,18H,1-4,9H2. The number of aliphatic hydroxyl groups excluding tert-OH is 1. The summed E-state index contributed by atoms with van der Waals surface area (Å²) in [4.78, 5) is 8.28. The van der Waals surface area contributed by atoms with Gasteiger partial charge in [0.2, 0.25) is 11.7 Å². The fraction of sp³-hybridized carbons (Fsp3) is 0.500. The van der Waals surface area contributed by atoms with Crippen molar-refractivity contribution >= 4 is 0 Å². The van der Waals surface area contributed by atoms with Gasteiger partial charge in [-0.3, -0.25) is 4.98 Å². The van der Waals surface area contributed by atoms with Crippen LogP contribution in [0.25, 0.3) is 11.4 Å². The molecular weight excluding hydrogens is 242 g/mol. The molecule has 1 fully saturated rings. The van der Waals surface area contributed by atoms with Crippen LogP contribution in [0.3, 0.4) is 0 Å². The largest absolute Gasteiger partial charge is 0.392 e. The molecule has 1 saturated carbocycles. The molecule has 0 spiro atoms. The molecule has 2 aromatic heterocycles. The molecule has 0 aromatic carbocycles. The van der Waals surface area contributed by atoms with E-state index < -0.39 is 0 Å². The minimum absolute atomic E-state index is 0.367. The normalized spacial score (nSPS) is 17.7. The maximum absolute atomic E-state index is 10.1. The summed E-state index contributed by atoms with van der Waals surface area (Å²) < 4.78 is 5.21. The van der Waals surface area contributed by atoms with Crippen molar-refractivity contribution in [1.82, 2.24) is 15.1 Å². The maximum atomic E-state index is 10.1. The van der Waals surface area contributed by atoms with Crippen molar-refractivity contribution in [3.8, 4) is 11.4 Å². The molecule has 1 aliphatic carbocycles. The number of pyridine rings is 1.